The van der Waals surface area contributed by atoms with E-state index in [0.29, 0.717) is 5.69 Å². The fourth-order valence-corrected chi connectivity index (χ4v) is 1.15. The van der Waals surface area contributed by atoms with Crippen molar-refractivity contribution in [3.63, 3.8) is 0 Å². The minimum atomic E-state index is -0.781. The third-order valence-corrected chi connectivity index (χ3v) is 2.07. The number of hydrogen-bond acceptors (Lipinski definition) is 3. The predicted molar refractivity (Wildman–Crippen MR) is 54.7 cm³/mol. The van der Waals surface area contributed by atoms with Gasteiger partial charge in [0.2, 0.25) is 0 Å². The van der Waals surface area contributed by atoms with Gasteiger partial charge in [-0.25, -0.2) is 4.79 Å². The number of primary amides is 1. The second kappa shape index (κ2) is 4.00. The molecule has 0 aliphatic rings. The van der Waals surface area contributed by atoms with E-state index in [4.69, 9.17) is 16.2 Å². The smallest absolute Gasteiger partial charge is 0.405 e. The third kappa shape index (κ3) is 2.39. The van der Waals surface area contributed by atoms with Crippen molar-refractivity contribution in [2.24, 2.45) is 5.73 Å². The van der Waals surface area contributed by atoms with Crippen LogP contribution in [0.4, 0.5) is 10.5 Å². The molecule has 0 saturated carbocycles. The molecule has 4 nitrogen and oxygen atoms in total. The van der Waals surface area contributed by atoms with Crippen LogP contribution >= 0.6 is 0 Å². The number of amides is 1. The molecule has 0 saturated heterocycles. The number of nitrogens with two attached hydrogens (primary N) is 2. The Hall–Kier alpha value is -1.71. The van der Waals surface area contributed by atoms with E-state index < -0.39 is 6.09 Å². The summed E-state index contributed by atoms with van der Waals surface area (Å²) in [6.45, 7) is 3.66. The maximum Gasteiger partial charge on any atom is 0.405 e. The molecule has 1 aromatic carbocycles. The zero-order chi connectivity index (χ0) is 10.7. The quantitative estimate of drug-likeness (QED) is 0.704. The monoisotopic (exact) mass is 194 g/mol. The summed E-state index contributed by atoms with van der Waals surface area (Å²) >= 11 is 0. The second-order valence-corrected chi connectivity index (χ2v) is 3.20. The summed E-state index contributed by atoms with van der Waals surface area (Å²) in [6, 6.07) is 5.52. The highest BCUT2D eigenvalue weighted by molar-refractivity contribution is 5.65. The summed E-state index contributed by atoms with van der Waals surface area (Å²) in [5.74, 6) is 0. The maximum atomic E-state index is 10.5. The Morgan fingerprint density at radius 2 is 2.14 bits per heavy atom. The summed E-state index contributed by atoms with van der Waals surface area (Å²) in [5, 5.41) is 0. The van der Waals surface area contributed by atoms with Gasteiger partial charge in [0.15, 0.2) is 0 Å². The molecule has 1 atom stereocenters. The highest BCUT2D eigenvalue weighted by Crippen LogP contribution is 2.21. The van der Waals surface area contributed by atoms with Crippen molar-refractivity contribution < 1.29 is 9.53 Å². The Balaban J connectivity index is 2.85. The Morgan fingerprint density at radius 1 is 1.50 bits per heavy atom. The lowest BCUT2D eigenvalue weighted by Crippen LogP contribution is -2.15. The lowest BCUT2D eigenvalue weighted by atomic mass is 10.1. The van der Waals surface area contributed by atoms with Crippen LogP contribution in [0, 0.1) is 6.92 Å². The molecular formula is C10H14N2O2. The second-order valence-electron chi connectivity index (χ2n) is 3.20. The van der Waals surface area contributed by atoms with E-state index in [1.165, 1.54) is 0 Å². The van der Waals surface area contributed by atoms with E-state index in [2.05, 4.69) is 0 Å². The molecule has 1 rings (SSSR count). The van der Waals surface area contributed by atoms with Crippen LogP contribution in [0.5, 0.6) is 0 Å². The zero-order valence-corrected chi connectivity index (χ0v) is 8.28. The first-order valence-corrected chi connectivity index (χ1v) is 4.33. The molecule has 1 amide bonds. The third-order valence-electron chi connectivity index (χ3n) is 2.07. The van der Waals surface area contributed by atoms with Gasteiger partial charge < -0.3 is 16.2 Å². The molecule has 0 radical (unpaired) electrons. The van der Waals surface area contributed by atoms with Crippen molar-refractivity contribution in [1.82, 2.24) is 0 Å². The molecule has 0 bridgehead atoms. The average molecular weight is 194 g/mol. The van der Waals surface area contributed by atoms with Crippen molar-refractivity contribution >= 4 is 11.8 Å². The Bertz CT molecular complexity index is 350. The minimum absolute atomic E-state index is 0.365. The van der Waals surface area contributed by atoms with Crippen LogP contribution in [-0.4, -0.2) is 6.09 Å². The van der Waals surface area contributed by atoms with E-state index in [-0.39, 0.29) is 6.10 Å². The van der Waals surface area contributed by atoms with Crippen LogP contribution in [0.25, 0.3) is 0 Å². The number of aryl methyl sites for hydroxylation is 1. The van der Waals surface area contributed by atoms with Crippen molar-refractivity contribution in [2.75, 3.05) is 5.73 Å². The number of rotatable bonds is 2. The fraction of sp³-hybridized carbons (Fsp3) is 0.300. The van der Waals surface area contributed by atoms with Gasteiger partial charge in [0.1, 0.15) is 6.10 Å². The molecule has 4 N–H and O–H groups in total. The molecule has 1 aromatic rings. The van der Waals surface area contributed by atoms with Gasteiger partial charge in [0.25, 0.3) is 0 Å². The topological polar surface area (TPSA) is 78.3 Å². The van der Waals surface area contributed by atoms with Gasteiger partial charge in [-0.1, -0.05) is 12.1 Å². The predicted octanol–water partition coefficient (Wildman–Crippen LogP) is 1.73. The summed E-state index contributed by atoms with van der Waals surface area (Å²) in [5.41, 5.74) is 13.1. The lowest BCUT2D eigenvalue weighted by Gasteiger charge is -2.12. The van der Waals surface area contributed by atoms with E-state index in [9.17, 15) is 4.79 Å². The van der Waals surface area contributed by atoms with E-state index in [1.54, 1.807) is 13.0 Å². The molecule has 4 heteroatoms. The summed E-state index contributed by atoms with van der Waals surface area (Å²) < 4.78 is 4.81. The number of carbonyl (C=O) groups is 1. The molecular weight excluding hydrogens is 180 g/mol. The summed E-state index contributed by atoms with van der Waals surface area (Å²) in [6.07, 6.45) is -1.15. The van der Waals surface area contributed by atoms with Gasteiger partial charge in [-0.15, -0.1) is 0 Å². The van der Waals surface area contributed by atoms with Crippen molar-refractivity contribution in [3.8, 4) is 0 Å². The Morgan fingerprint density at radius 3 is 2.64 bits per heavy atom. The normalized spacial score (nSPS) is 12.1. The van der Waals surface area contributed by atoms with Gasteiger partial charge in [-0.05, 0) is 31.0 Å². The van der Waals surface area contributed by atoms with Crippen LogP contribution in [-0.2, 0) is 4.74 Å². The number of nitrogen functional groups attached to an aromatic ring is 1. The van der Waals surface area contributed by atoms with Crippen LogP contribution in [0.15, 0.2) is 18.2 Å². The number of benzene rings is 1. The standard InChI is InChI=1S/C10H14N2O2/c1-6-3-4-8(5-9(6)11)7(2)14-10(12)13/h3-5,7H,11H2,1-2H3,(H2,12,13). The molecule has 0 spiro atoms. The SMILES string of the molecule is Cc1ccc(C(C)OC(N)=O)cc1N. The van der Waals surface area contributed by atoms with Crippen molar-refractivity contribution in [2.45, 2.75) is 20.0 Å². The van der Waals surface area contributed by atoms with Crippen LogP contribution in [0.3, 0.4) is 0 Å². The largest absolute Gasteiger partial charge is 0.442 e. The highest BCUT2D eigenvalue weighted by atomic mass is 16.6. The lowest BCUT2D eigenvalue weighted by molar-refractivity contribution is 0.116. The van der Waals surface area contributed by atoms with Gasteiger partial charge in [-0.2, -0.15) is 0 Å². The molecule has 76 valence electrons. The van der Waals surface area contributed by atoms with Gasteiger partial charge in [0, 0.05) is 5.69 Å². The maximum absolute atomic E-state index is 10.5. The van der Waals surface area contributed by atoms with Crippen molar-refractivity contribution in [3.05, 3.63) is 29.3 Å². The molecule has 0 aliphatic carbocycles. The molecule has 0 aromatic heterocycles. The highest BCUT2D eigenvalue weighted by Gasteiger charge is 2.09. The Labute approximate surface area is 82.8 Å². The first kappa shape index (κ1) is 10.4. The van der Waals surface area contributed by atoms with E-state index >= 15 is 0 Å². The molecule has 1 unspecified atom stereocenters. The zero-order valence-electron chi connectivity index (χ0n) is 8.28. The molecule has 14 heavy (non-hydrogen) atoms. The number of ether oxygens (including phenoxy) is 1. The van der Waals surface area contributed by atoms with Gasteiger partial charge in [0.05, 0.1) is 0 Å². The first-order valence-electron chi connectivity index (χ1n) is 4.33. The summed E-state index contributed by atoms with van der Waals surface area (Å²) in [7, 11) is 0. The first-order chi connectivity index (χ1) is 6.50. The number of hydrogen-bond donors (Lipinski definition) is 2. The van der Waals surface area contributed by atoms with Gasteiger partial charge >= 0.3 is 6.09 Å². The van der Waals surface area contributed by atoms with E-state index in [0.717, 1.165) is 11.1 Å². The van der Waals surface area contributed by atoms with Crippen molar-refractivity contribution in [1.29, 1.82) is 0 Å². The summed E-state index contributed by atoms with van der Waals surface area (Å²) in [4.78, 5) is 10.5. The molecule has 0 fully saturated rings. The molecule has 0 heterocycles. The van der Waals surface area contributed by atoms with E-state index in [1.807, 2.05) is 19.1 Å². The average Bonchev–Trinajstić information content (AvgIpc) is 2.08. The fourth-order valence-electron chi connectivity index (χ4n) is 1.15. The molecule has 0 aliphatic heterocycles. The minimum Gasteiger partial charge on any atom is -0.442 e. The number of carbonyl (C=O) groups excluding carboxylic acids is 1. The Kier molecular flexibility index (Phi) is 2.96. The number of anilines is 1. The van der Waals surface area contributed by atoms with Crippen LogP contribution in [0.1, 0.15) is 24.2 Å². The van der Waals surface area contributed by atoms with Crippen LogP contribution < -0.4 is 11.5 Å². The van der Waals surface area contributed by atoms with Crippen LogP contribution in [0.2, 0.25) is 0 Å². The van der Waals surface area contributed by atoms with Gasteiger partial charge in [-0.3, -0.25) is 0 Å².